The van der Waals surface area contributed by atoms with Crippen molar-refractivity contribution in [3.05, 3.63) is 110 Å². The topological polar surface area (TPSA) is 104 Å². The molecule has 236 valence electrons. The third-order valence-electron chi connectivity index (χ3n) is 7.54. The smallest absolute Gasteiger partial charge is 0.282 e. The largest absolute Gasteiger partial charge is 0.496 e. The molecule has 0 fully saturated rings. The molecule has 4 aromatic carbocycles. The molecule has 0 aliphatic rings. The van der Waals surface area contributed by atoms with E-state index in [1.54, 1.807) is 37.4 Å². The lowest BCUT2D eigenvalue weighted by Gasteiger charge is -2.17. The van der Waals surface area contributed by atoms with Crippen molar-refractivity contribution >= 4 is 40.3 Å². The number of hydrogen-bond acceptors (Lipinski definition) is 7. The van der Waals surface area contributed by atoms with E-state index in [4.69, 9.17) is 30.8 Å². The highest BCUT2D eigenvalue weighted by Gasteiger charge is 2.19. The molecule has 0 aliphatic carbocycles. The van der Waals surface area contributed by atoms with Crippen LogP contribution in [-0.2, 0) is 4.79 Å². The maximum absolute atomic E-state index is 13.9. The van der Waals surface area contributed by atoms with Gasteiger partial charge in [-0.25, -0.2) is 4.98 Å². The van der Waals surface area contributed by atoms with Crippen LogP contribution in [0.4, 0.5) is 5.69 Å². The van der Waals surface area contributed by atoms with Crippen LogP contribution < -0.4 is 25.1 Å². The van der Waals surface area contributed by atoms with Gasteiger partial charge in [0.1, 0.15) is 5.75 Å². The number of hydrogen-bond donors (Lipinski definition) is 1. The highest BCUT2D eigenvalue weighted by atomic mass is 35.5. The van der Waals surface area contributed by atoms with Gasteiger partial charge in [-0.05, 0) is 72.9 Å². The number of carbonyl (C=O) groups excluding carboxylic acids is 1. The molecule has 0 saturated carbocycles. The van der Waals surface area contributed by atoms with Crippen LogP contribution in [0.25, 0.3) is 22.3 Å². The first-order valence-electron chi connectivity index (χ1n) is 14.7. The van der Waals surface area contributed by atoms with Crippen molar-refractivity contribution < 1.29 is 19.0 Å². The van der Waals surface area contributed by atoms with Crippen LogP contribution in [0.3, 0.4) is 0 Å². The number of carbonyl (C=O) groups is 1. The summed E-state index contributed by atoms with van der Waals surface area (Å²) in [5, 5.41) is 8.25. The number of nitrogens with zero attached hydrogens (tertiary/aromatic N) is 3. The van der Waals surface area contributed by atoms with Gasteiger partial charge >= 0.3 is 0 Å². The molecule has 0 spiro atoms. The van der Waals surface area contributed by atoms with Crippen LogP contribution in [0.2, 0.25) is 5.02 Å². The van der Waals surface area contributed by atoms with E-state index < -0.39 is 0 Å². The molecule has 0 unspecified atom stereocenters. The fourth-order valence-corrected chi connectivity index (χ4v) is 5.34. The Hall–Kier alpha value is -5.15. The number of anilines is 1. The van der Waals surface area contributed by atoms with Crippen molar-refractivity contribution in [3.8, 4) is 28.6 Å². The average molecular weight is 639 g/mol. The van der Waals surface area contributed by atoms with E-state index in [1.807, 2.05) is 56.3 Å². The predicted molar refractivity (Wildman–Crippen MR) is 183 cm³/mol. The van der Waals surface area contributed by atoms with E-state index >= 15 is 0 Å². The third-order valence-corrected chi connectivity index (χ3v) is 7.76. The minimum atomic E-state index is -0.359. The number of halogens is 1. The van der Waals surface area contributed by atoms with Crippen LogP contribution >= 0.6 is 11.6 Å². The second-order valence-electron chi connectivity index (χ2n) is 11.1. The van der Waals surface area contributed by atoms with Crippen molar-refractivity contribution in [1.29, 1.82) is 0 Å². The normalized spacial score (nSPS) is 11.3. The second-order valence-corrected chi connectivity index (χ2v) is 11.5. The molecular weight excluding hydrogens is 604 g/mol. The number of amides is 1. The third kappa shape index (κ3) is 6.74. The zero-order valence-corrected chi connectivity index (χ0v) is 27.3. The Morgan fingerprint density at radius 1 is 0.978 bits per heavy atom. The summed E-state index contributed by atoms with van der Waals surface area (Å²) >= 11 is 6.43. The first-order valence-corrected chi connectivity index (χ1v) is 15.1. The molecule has 0 bridgehead atoms. The highest BCUT2D eigenvalue weighted by Crippen LogP contribution is 2.36. The molecule has 1 amide bonds. The fourth-order valence-electron chi connectivity index (χ4n) is 5.12. The number of methoxy groups -OCH3 is 2. The Morgan fingerprint density at radius 3 is 2.41 bits per heavy atom. The van der Waals surface area contributed by atoms with Gasteiger partial charge in [-0.3, -0.25) is 9.59 Å². The summed E-state index contributed by atoms with van der Waals surface area (Å²) in [6.45, 7) is 7.69. The Labute approximate surface area is 272 Å². The van der Waals surface area contributed by atoms with Gasteiger partial charge in [0.2, 0.25) is 0 Å². The first kappa shape index (κ1) is 32.2. The van der Waals surface area contributed by atoms with Gasteiger partial charge in [-0.15, -0.1) is 0 Å². The summed E-state index contributed by atoms with van der Waals surface area (Å²) in [5.41, 5.74) is 4.76. The maximum Gasteiger partial charge on any atom is 0.282 e. The SMILES string of the molecule is COc1cc(C)c(-c2nc3ccccc3c(=O)n2N=Cc2cc(Cl)cc(OC)c2OCC(=O)Nc2ccccc2C)cc1C(C)C. The zero-order chi connectivity index (χ0) is 33.0. The summed E-state index contributed by atoms with van der Waals surface area (Å²) in [6, 6.07) is 21.7. The van der Waals surface area contributed by atoms with Crippen molar-refractivity contribution in [2.45, 2.75) is 33.6 Å². The molecule has 46 heavy (non-hydrogen) atoms. The van der Waals surface area contributed by atoms with E-state index in [2.05, 4.69) is 24.3 Å². The molecule has 1 N–H and O–H groups in total. The Balaban J connectivity index is 1.60. The zero-order valence-electron chi connectivity index (χ0n) is 26.6. The molecule has 5 rings (SSSR count). The summed E-state index contributed by atoms with van der Waals surface area (Å²) in [7, 11) is 3.11. The minimum absolute atomic E-state index is 0.153. The molecular formula is C36H35ClN4O5. The van der Waals surface area contributed by atoms with Crippen LogP contribution in [0.1, 0.15) is 42.0 Å². The quantitative estimate of drug-likeness (QED) is 0.160. The van der Waals surface area contributed by atoms with Gasteiger partial charge in [0.25, 0.3) is 11.5 Å². The molecule has 0 saturated heterocycles. The second kappa shape index (κ2) is 13.9. The molecule has 9 nitrogen and oxygen atoms in total. The lowest BCUT2D eigenvalue weighted by Crippen LogP contribution is -2.22. The van der Waals surface area contributed by atoms with Crippen molar-refractivity contribution in [2.75, 3.05) is 26.1 Å². The Kier molecular flexibility index (Phi) is 9.72. The number of rotatable bonds is 10. The molecule has 0 aliphatic heterocycles. The molecule has 5 aromatic rings. The molecule has 1 aromatic heterocycles. The van der Waals surface area contributed by atoms with E-state index in [9.17, 15) is 9.59 Å². The van der Waals surface area contributed by atoms with Crippen molar-refractivity contribution in [3.63, 3.8) is 0 Å². The minimum Gasteiger partial charge on any atom is -0.496 e. The standard InChI is InChI=1S/C36H35ClN4O5/c1-21(2)27-18-28(23(4)15-31(27)44-5)35-40-30-14-10-8-12-26(30)36(43)41(35)38-19-24-16-25(37)17-32(45-6)34(24)46-20-33(42)39-29-13-9-7-11-22(29)3/h7-19,21H,20H2,1-6H3,(H,39,42). The Morgan fingerprint density at radius 2 is 1.70 bits per heavy atom. The lowest BCUT2D eigenvalue weighted by molar-refractivity contribution is -0.118. The molecule has 1 heterocycles. The van der Waals surface area contributed by atoms with Crippen molar-refractivity contribution in [2.24, 2.45) is 5.10 Å². The average Bonchev–Trinajstić information content (AvgIpc) is 3.04. The molecule has 0 atom stereocenters. The van der Waals surface area contributed by atoms with Gasteiger partial charge in [0.15, 0.2) is 23.9 Å². The number of ether oxygens (including phenoxy) is 3. The van der Waals surface area contributed by atoms with Gasteiger partial charge in [0.05, 0.1) is 31.3 Å². The summed E-state index contributed by atoms with van der Waals surface area (Å²) in [4.78, 5) is 31.6. The predicted octanol–water partition coefficient (Wildman–Crippen LogP) is 7.37. The first-order chi connectivity index (χ1) is 22.1. The van der Waals surface area contributed by atoms with Crippen molar-refractivity contribution in [1.82, 2.24) is 9.66 Å². The van der Waals surface area contributed by atoms with E-state index in [-0.39, 0.29) is 29.7 Å². The van der Waals surface area contributed by atoms with Crippen LogP contribution in [0, 0.1) is 13.8 Å². The van der Waals surface area contributed by atoms with Crippen LogP contribution in [0.5, 0.6) is 17.2 Å². The maximum atomic E-state index is 13.9. The van der Waals surface area contributed by atoms with Gasteiger partial charge in [0, 0.05) is 27.9 Å². The number of fused-ring (bicyclic) bond motifs is 1. The number of benzene rings is 4. The van der Waals surface area contributed by atoms with E-state index in [0.29, 0.717) is 38.8 Å². The summed E-state index contributed by atoms with van der Waals surface area (Å²) in [5.74, 6) is 1.45. The fraction of sp³-hybridized carbons (Fsp3) is 0.222. The van der Waals surface area contributed by atoms with Gasteiger partial charge < -0.3 is 19.5 Å². The Bertz CT molecular complexity index is 2020. The summed E-state index contributed by atoms with van der Waals surface area (Å²) < 4.78 is 18.4. The monoisotopic (exact) mass is 638 g/mol. The van der Waals surface area contributed by atoms with Gasteiger partial charge in [-0.1, -0.05) is 55.8 Å². The number of nitrogens with one attached hydrogen (secondary N) is 1. The lowest BCUT2D eigenvalue weighted by atomic mass is 9.96. The van der Waals surface area contributed by atoms with E-state index in [1.165, 1.54) is 18.0 Å². The summed E-state index contributed by atoms with van der Waals surface area (Å²) in [6.07, 6.45) is 1.45. The van der Waals surface area contributed by atoms with Crippen LogP contribution in [0.15, 0.2) is 82.7 Å². The number of aromatic nitrogens is 2. The van der Waals surface area contributed by atoms with Gasteiger partial charge in [-0.2, -0.15) is 9.78 Å². The number of para-hydroxylation sites is 2. The molecule has 10 heteroatoms. The molecule has 0 radical (unpaired) electrons. The van der Waals surface area contributed by atoms with Crippen LogP contribution in [-0.4, -0.2) is 42.6 Å². The number of aryl methyl sites for hydroxylation is 2. The highest BCUT2D eigenvalue weighted by molar-refractivity contribution is 6.31. The van der Waals surface area contributed by atoms with E-state index in [0.717, 1.165) is 28.0 Å².